The zero-order valence-corrected chi connectivity index (χ0v) is 14.0. The first-order valence-corrected chi connectivity index (χ1v) is 7.83. The van der Waals surface area contributed by atoms with E-state index in [1.54, 1.807) is 0 Å². The van der Waals surface area contributed by atoms with Crippen LogP contribution in [0.15, 0.2) is 42.6 Å². The van der Waals surface area contributed by atoms with Gasteiger partial charge in [-0.15, -0.1) is 0 Å². The third-order valence-corrected chi connectivity index (χ3v) is 3.79. The van der Waals surface area contributed by atoms with E-state index in [0.717, 1.165) is 13.1 Å². The SMILES string of the molecule is CC(C)NCc1cccn1Cc1ccc(C(C)(C)C)cc1. The van der Waals surface area contributed by atoms with Crippen molar-refractivity contribution in [3.63, 3.8) is 0 Å². The lowest BCUT2D eigenvalue weighted by Crippen LogP contribution is -2.23. The van der Waals surface area contributed by atoms with Crippen molar-refractivity contribution in [1.82, 2.24) is 9.88 Å². The number of nitrogens with zero attached hydrogens (tertiary/aromatic N) is 1. The van der Waals surface area contributed by atoms with Gasteiger partial charge < -0.3 is 9.88 Å². The normalized spacial score (nSPS) is 12.1. The standard InChI is InChI=1S/C19H28N2/c1-15(2)20-13-18-7-6-12-21(18)14-16-8-10-17(11-9-16)19(3,4)5/h6-12,15,20H,13-14H2,1-5H3. The summed E-state index contributed by atoms with van der Waals surface area (Å²) in [6, 6.07) is 13.8. The Bertz CT molecular complexity index is 556. The molecule has 1 heterocycles. The van der Waals surface area contributed by atoms with Gasteiger partial charge >= 0.3 is 0 Å². The second kappa shape index (κ2) is 6.48. The van der Waals surface area contributed by atoms with Gasteiger partial charge in [0.05, 0.1) is 0 Å². The van der Waals surface area contributed by atoms with Gasteiger partial charge in [0.15, 0.2) is 0 Å². The Kier molecular flexibility index (Phi) is 4.89. The van der Waals surface area contributed by atoms with Crippen LogP contribution in [0.1, 0.15) is 51.4 Å². The molecule has 0 aliphatic carbocycles. The lowest BCUT2D eigenvalue weighted by atomic mass is 9.87. The van der Waals surface area contributed by atoms with E-state index in [1.165, 1.54) is 16.8 Å². The van der Waals surface area contributed by atoms with Gasteiger partial charge in [-0.3, -0.25) is 0 Å². The molecule has 2 aromatic rings. The van der Waals surface area contributed by atoms with Gasteiger partial charge in [0.1, 0.15) is 0 Å². The average molecular weight is 284 g/mol. The molecule has 0 atom stereocenters. The van der Waals surface area contributed by atoms with Crippen molar-refractivity contribution in [2.75, 3.05) is 0 Å². The fraction of sp³-hybridized carbons (Fsp3) is 0.474. The van der Waals surface area contributed by atoms with E-state index in [1.807, 2.05) is 0 Å². The average Bonchev–Trinajstić information content (AvgIpc) is 2.83. The first-order valence-electron chi connectivity index (χ1n) is 7.83. The van der Waals surface area contributed by atoms with Crippen molar-refractivity contribution in [2.24, 2.45) is 0 Å². The molecule has 0 saturated heterocycles. The van der Waals surface area contributed by atoms with E-state index in [-0.39, 0.29) is 5.41 Å². The highest BCUT2D eigenvalue weighted by Gasteiger charge is 2.13. The van der Waals surface area contributed by atoms with E-state index in [0.29, 0.717) is 6.04 Å². The van der Waals surface area contributed by atoms with Gasteiger partial charge in [0.25, 0.3) is 0 Å². The van der Waals surface area contributed by atoms with Gasteiger partial charge in [-0.05, 0) is 28.7 Å². The Hall–Kier alpha value is -1.54. The third-order valence-electron chi connectivity index (χ3n) is 3.79. The topological polar surface area (TPSA) is 17.0 Å². The second-order valence-electron chi connectivity index (χ2n) is 7.11. The molecule has 114 valence electrons. The van der Waals surface area contributed by atoms with Crippen LogP contribution in [0, 0.1) is 0 Å². The molecule has 0 fully saturated rings. The van der Waals surface area contributed by atoms with Crippen LogP contribution < -0.4 is 5.32 Å². The van der Waals surface area contributed by atoms with Crippen molar-refractivity contribution in [3.05, 3.63) is 59.4 Å². The van der Waals surface area contributed by atoms with E-state index in [9.17, 15) is 0 Å². The first-order chi connectivity index (χ1) is 9.86. The van der Waals surface area contributed by atoms with Crippen LogP contribution in [0.2, 0.25) is 0 Å². The van der Waals surface area contributed by atoms with Crippen molar-refractivity contribution in [1.29, 1.82) is 0 Å². The Morgan fingerprint density at radius 1 is 1.05 bits per heavy atom. The summed E-state index contributed by atoms with van der Waals surface area (Å²) in [6.45, 7) is 13.0. The minimum absolute atomic E-state index is 0.221. The van der Waals surface area contributed by atoms with Gasteiger partial charge in [0, 0.05) is 31.0 Å². The highest BCUT2D eigenvalue weighted by atomic mass is 15.0. The molecular formula is C19H28N2. The zero-order chi connectivity index (χ0) is 15.5. The molecule has 0 aliphatic heterocycles. The van der Waals surface area contributed by atoms with Crippen molar-refractivity contribution >= 4 is 0 Å². The molecule has 0 aliphatic rings. The van der Waals surface area contributed by atoms with Crippen LogP contribution in [-0.2, 0) is 18.5 Å². The van der Waals surface area contributed by atoms with Crippen LogP contribution in [0.4, 0.5) is 0 Å². The third kappa shape index (κ3) is 4.47. The Morgan fingerprint density at radius 2 is 1.71 bits per heavy atom. The quantitative estimate of drug-likeness (QED) is 0.864. The Labute approximate surface area is 129 Å². The van der Waals surface area contributed by atoms with Crippen molar-refractivity contribution in [3.8, 4) is 0 Å². The van der Waals surface area contributed by atoms with Crippen molar-refractivity contribution in [2.45, 2.75) is 59.2 Å². The lowest BCUT2D eigenvalue weighted by molar-refractivity contribution is 0.564. The molecule has 0 bridgehead atoms. The highest BCUT2D eigenvalue weighted by molar-refractivity contribution is 5.28. The monoisotopic (exact) mass is 284 g/mol. The van der Waals surface area contributed by atoms with E-state index in [2.05, 4.69) is 87.1 Å². The molecular weight excluding hydrogens is 256 g/mol. The maximum Gasteiger partial charge on any atom is 0.0473 e. The number of benzene rings is 1. The Balaban J connectivity index is 2.07. The van der Waals surface area contributed by atoms with Crippen LogP contribution >= 0.6 is 0 Å². The maximum atomic E-state index is 3.48. The predicted molar refractivity (Wildman–Crippen MR) is 90.7 cm³/mol. The smallest absolute Gasteiger partial charge is 0.0473 e. The van der Waals surface area contributed by atoms with Gasteiger partial charge in [-0.25, -0.2) is 0 Å². The number of hydrogen-bond donors (Lipinski definition) is 1. The summed E-state index contributed by atoms with van der Waals surface area (Å²) in [4.78, 5) is 0. The fourth-order valence-electron chi connectivity index (χ4n) is 2.38. The predicted octanol–water partition coefficient (Wildman–Crippen LogP) is 4.33. The molecule has 0 amide bonds. The van der Waals surface area contributed by atoms with Crippen LogP contribution in [0.5, 0.6) is 0 Å². The Morgan fingerprint density at radius 3 is 2.29 bits per heavy atom. The van der Waals surface area contributed by atoms with E-state index < -0.39 is 0 Å². The van der Waals surface area contributed by atoms with Crippen LogP contribution in [0.25, 0.3) is 0 Å². The largest absolute Gasteiger partial charge is 0.346 e. The second-order valence-corrected chi connectivity index (χ2v) is 7.11. The summed E-state index contributed by atoms with van der Waals surface area (Å²) in [5.74, 6) is 0. The molecule has 2 rings (SSSR count). The number of nitrogens with one attached hydrogen (secondary N) is 1. The molecule has 2 nitrogen and oxygen atoms in total. The maximum absolute atomic E-state index is 3.48. The molecule has 21 heavy (non-hydrogen) atoms. The molecule has 0 unspecified atom stereocenters. The molecule has 2 heteroatoms. The van der Waals surface area contributed by atoms with E-state index in [4.69, 9.17) is 0 Å². The first kappa shape index (κ1) is 15.8. The number of rotatable bonds is 5. The molecule has 1 N–H and O–H groups in total. The summed E-state index contributed by atoms with van der Waals surface area (Å²) in [5.41, 5.74) is 4.30. The highest BCUT2D eigenvalue weighted by Crippen LogP contribution is 2.22. The minimum atomic E-state index is 0.221. The van der Waals surface area contributed by atoms with E-state index >= 15 is 0 Å². The zero-order valence-electron chi connectivity index (χ0n) is 14.0. The molecule has 1 aromatic carbocycles. The summed E-state index contributed by atoms with van der Waals surface area (Å²) in [5, 5.41) is 3.48. The fourth-order valence-corrected chi connectivity index (χ4v) is 2.38. The molecule has 1 aromatic heterocycles. The number of aromatic nitrogens is 1. The molecule has 0 saturated carbocycles. The summed E-state index contributed by atoms with van der Waals surface area (Å²) in [7, 11) is 0. The van der Waals surface area contributed by atoms with Gasteiger partial charge in [-0.1, -0.05) is 58.9 Å². The van der Waals surface area contributed by atoms with Gasteiger partial charge in [0.2, 0.25) is 0 Å². The van der Waals surface area contributed by atoms with Crippen molar-refractivity contribution < 1.29 is 0 Å². The van der Waals surface area contributed by atoms with Crippen LogP contribution in [-0.4, -0.2) is 10.6 Å². The lowest BCUT2D eigenvalue weighted by Gasteiger charge is -2.19. The summed E-state index contributed by atoms with van der Waals surface area (Å²) in [6.07, 6.45) is 2.16. The minimum Gasteiger partial charge on any atom is -0.346 e. The molecule has 0 spiro atoms. The summed E-state index contributed by atoms with van der Waals surface area (Å²) < 4.78 is 2.32. The molecule has 0 radical (unpaired) electrons. The van der Waals surface area contributed by atoms with Gasteiger partial charge in [-0.2, -0.15) is 0 Å². The number of hydrogen-bond acceptors (Lipinski definition) is 1. The summed E-state index contributed by atoms with van der Waals surface area (Å²) >= 11 is 0. The van der Waals surface area contributed by atoms with Crippen LogP contribution in [0.3, 0.4) is 0 Å².